The zero-order chi connectivity index (χ0) is 18.1. The van der Waals surface area contributed by atoms with Gasteiger partial charge in [-0.25, -0.2) is 0 Å². The molecule has 2 aromatic rings. The Balaban J connectivity index is 2.01. The predicted molar refractivity (Wildman–Crippen MR) is 96.4 cm³/mol. The molecule has 6 nitrogen and oxygen atoms in total. The Bertz CT molecular complexity index is 677. The van der Waals surface area contributed by atoms with Crippen LogP contribution in [0.5, 0.6) is 11.5 Å². The maximum atomic E-state index is 11.8. The van der Waals surface area contributed by atoms with Crippen LogP contribution >= 0.6 is 0 Å². The number of aromatic nitrogens is 1. The Hall–Kier alpha value is -2.60. The van der Waals surface area contributed by atoms with Crippen LogP contribution in [-0.2, 0) is 11.4 Å². The summed E-state index contributed by atoms with van der Waals surface area (Å²) in [5.74, 6) is 1.29. The molecule has 0 saturated heterocycles. The third-order valence-electron chi connectivity index (χ3n) is 3.82. The molecule has 6 heteroatoms. The quantitative estimate of drug-likeness (QED) is 0.731. The van der Waals surface area contributed by atoms with Crippen molar-refractivity contribution in [3.05, 3.63) is 53.9 Å². The molecule has 1 aromatic heterocycles. The van der Waals surface area contributed by atoms with Gasteiger partial charge in [-0.3, -0.25) is 9.78 Å². The smallest absolute Gasteiger partial charge is 0.220 e. The molecule has 0 radical (unpaired) electrons. The number of nitrogens with one attached hydrogen (secondary N) is 1. The van der Waals surface area contributed by atoms with Crippen molar-refractivity contribution < 1.29 is 14.3 Å². The monoisotopic (exact) mass is 343 g/mol. The minimum atomic E-state index is -0.117. The Labute approximate surface area is 148 Å². The van der Waals surface area contributed by atoms with Gasteiger partial charge in [-0.15, -0.1) is 0 Å². The fourth-order valence-corrected chi connectivity index (χ4v) is 2.37. The summed E-state index contributed by atoms with van der Waals surface area (Å²) >= 11 is 0. The van der Waals surface area contributed by atoms with Crippen LogP contribution in [0.25, 0.3) is 0 Å². The number of nitrogens with two attached hydrogens (primary N) is 1. The van der Waals surface area contributed by atoms with Crippen LogP contribution in [0.1, 0.15) is 36.9 Å². The van der Waals surface area contributed by atoms with E-state index < -0.39 is 0 Å². The summed E-state index contributed by atoms with van der Waals surface area (Å²) < 4.78 is 11.3. The van der Waals surface area contributed by atoms with Crippen LogP contribution in [0.15, 0.2) is 42.7 Å². The van der Waals surface area contributed by atoms with Gasteiger partial charge in [0.15, 0.2) is 11.5 Å². The number of amides is 1. The van der Waals surface area contributed by atoms with E-state index in [1.807, 2.05) is 37.3 Å². The second-order valence-corrected chi connectivity index (χ2v) is 5.74. The summed E-state index contributed by atoms with van der Waals surface area (Å²) in [7, 11) is 1.60. The van der Waals surface area contributed by atoms with Crippen molar-refractivity contribution in [2.45, 2.75) is 32.4 Å². The molecule has 2 rings (SSSR count). The third-order valence-corrected chi connectivity index (χ3v) is 3.82. The van der Waals surface area contributed by atoms with Crippen molar-refractivity contribution in [2.24, 2.45) is 5.73 Å². The second-order valence-electron chi connectivity index (χ2n) is 5.74. The van der Waals surface area contributed by atoms with Crippen molar-refractivity contribution in [3.63, 3.8) is 0 Å². The first-order chi connectivity index (χ1) is 12.1. The average molecular weight is 343 g/mol. The second kappa shape index (κ2) is 9.64. The van der Waals surface area contributed by atoms with Gasteiger partial charge in [0.2, 0.25) is 5.91 Å². The van der Waals surface area contributed by atoms with E-state index in [4.69, 9.17) is 15.2 Å². The number of carbonyl (C=O) groups is 1. The number of rotatable bonds is 9. The van der Waals surface area contributed by atoms with E-state index in [1.165, 1.54) is 0 Å². The lowest BCUT2D eigenvalue weighted by Gasteiger charge is -2.17. The lowest BCUT2D eigenvalue weighted by molar-refractivity contribution is -0.121. The summed E-state index contributed by atoms with van der Waals surface area (Å²) in [4.78, 5) is 15.8. The number of ether oxygens (including phenoxy) is 2. The maximum Gasteiger partial charge on any atom is 0.220 e. The van der Waals surface area contributed by atoms with Crippen LogP contribution in [0.4, 0.5) is 0 Å². The largest absolute Gasteiger partial charge is 0.493 e. The molecule has 0 fully saturated rings. The molecule has 134 valence electrons. The molecule has 0 saturated carbocycles. The lowest BCUT2D eigenvalue weighted by Crippen LogP contribution is -2.26. The number of nitrogens with zero attached hydrogens (tertiary/aromatic N) is 1. The molecule has 0 spiro atoms. The zero-order valence-corrected chi connectivity index (χ0v) is 14.7. The molecule has 25 heavy (non-hydrogen) atoms. The molecule has 3 N–H and O–H groups in total. The number of carbonyl (C=O) groups excluding carboxylic acids is 1. The maximum absolute atomic E-state index is 11.8. The van der Waals surface area contributed by atoms with Crippen LogP contribution in [0.3, 0.4) is 0 Å². The van der Waals surface area contributed by atoms with Gasteiger partial charge < -0.3 is 20.5 Å². The van der Waals surface area contributed by atoms with Crippen LogP contribution in [0, 0.1) is 0 Å². The molecule has 1 aromatic carbocycles. The minimum Gasteiger partial charge on any atom is -0.493 e. The number of benzene rings is 1. The van der Waals surface area contributed by atoms with Crippen LogP contribution in [0.2, 0.25) is 0 Å². The van der Waals surface area contributed by atoms with Gasteiger partial charge in [0, 0.05) is 18.8 Å². The van der Waals surface area contributed by atoms with E-state index in [1.54, 1.807) is 19.5 Å². The van der Waals surface area contributed by atoms with Crippen molar-refractivity contribution in [1.29, 1.82) is 0 Å². The van der Waals surface area contributed by atoms with E-state index in [0.29, 0.717) is 37.5 Å². The standard InChI is InChI=1S/C19H25N3O3/c1-14(22-19(23)4-3-9-20)16-5-6-17(18(12-16)24-2)25-13-15-7-10-21-11-8-15/h5-8,10-12,14H,3-4,9,13,20H2,1-2H3,(H,22,23). The van der Waals surface area contributed by atoms with Gasteiger partial charge >= 0.3 is 0 Å². The van der Waals surface area contributed by atoms with E-state index in [-0.39, 0.29) is 11.9 Å². The normalized spacial score (nSPS) is 11.6. The molecule has 0 bridgehead atoms. The first-order valence-corrected chi connectivity index (χ1v) is 8.33. The highest BCUT2D eigenvalue weighted by atomic mass is 16.5. The van der Waals surface area contributed by atoms with Gasteiger partial charge in [0.1, 0.15) is 6.61 Å². The Morgan fingerprint density at radius 2 is 2.00 bits per heavy atom. The molecule has 0 aliphatic carbocycles. The van der Waals surface area contributed by atoms with Crippen LogP contribution in [-0.4, -0.2) is 24.5 Å². The van der Waals surface area contributed by atoms with E-state index in [9.17, 15) is 4.79 Å². The van der Waals surface area contributed by atoms with Gasteiger partial charge in [0.25, 0.3) is 0 Å². The highest BCUT2D eigenvalue weighted by Crippen LogP contribution is 2.31. The van der Waals surface area contributed by atoms with Crippen molar-refractivity contribution in [1.82, 2.24) is 10.3 Å². The summed E-state index contributed by atoms with van der Waals surface area (Å²) in [5.41, 5.74) is 7.41. The first kappa shape index (κ1) is 18.7. The molecule has 1 amide bonds. The lowest BCUT2D eigenvalue weighted by atomic mass is 10.1. The van der Waals surface area contributed by atoms with Gasteiger partial charge in [0.05, 0.1) is 13.2 Å². The molecular weight excluding hydrogens is 318 g/mol. The van der Waals surface area contributed by atoms with Gasteiger partial charge in [-0.05, 0) is 55.3 Å². The average Bonchev–Trinajstić information content (AvgIpc) is 2.65. The van der Waals surface area contributed by atoms with Gasteiger partial charge in [-0.1, -0.05) is 6.07 Å². The molecule has 1 heterocycles. The zero-order valence-electron chi connectivity index (χ0n) is 14.7. The highest BCUT2D eigenvalue weighted by Gasteiger charge is 2.13. The number of pyridine rings is 1. The van der Waals surface area contributed by atoms with E-state index in [2.05, 4.69) is 10.3 Å². The first-order valence-electron chi connectivity index (χ1n) is 8.33. The van der Waals surface area contributed by atoms with Crippen LogP contribution < -0.4 is 20.5 Å². The number of hydrogen-bond donors (Lipinski definition) is 2. The fraction of sp³-hybridized carbons (Fsp3) is 0.368. The van der Waals surface area contributed by atoms with Crippen molar-refractivity contribution in [2.75, 3.05) is 13.7 Å². The third kappa shape index (κ3) is 5.76. The minimum absolute atomic E-state index is 0.00469. The molecular formula is C19H25N3O3. The topological polar surface area (TPSA) is 86.5 Å². The Kier molecular flexibility index (Phi) is 7.22. The van der Waals surface area contributed by atoms with Crippen molar-refractivity contribution in [3.8, 4) is 11.5 Å². The Morgan fingerprint density at radius 3 is 2.68 bits per heavy atom. The molecule has 1 atom stereocenters. The summed E-state index contributed by atoms with van der Waals surface area (Å²) in [6, 6.07) is 9.36. The summed E-state index contributed by atoms with van der Waals surface area (Å²) in [6.07, 6.45) is 4.58. The summed E-state index contributed by atoms with van der Waals surface area (Å²) in [5, 5.41) is 2.96. The molecule has 1 unspecified atom stereocenters. The molecule has 0 aliphatic heterocycles. The predicted octanol–water partition coefficient (Wildman–Crippen LogP) is 2.59. The fourth-order valence-electron chi connectivity index (χ4n) is 2.37. The SMILES string of the molecule is COc1cc(C(C)NC(=O)CCCN)ccc1OCc1ccncc1. The van der Waals surface area contributed by atoms with Gasteiger partial charge in [-0.2, -0.15) is 0 Å². The van der Waals surface area contributed by atoms with E-state index >= 15 is 0 Å². The Morgan fingerprint density at radius 1 is 1.24 bits per heavy atom. The molecule has 0 aliphatic rings. The van der Waals surface area contributed by atoms with E-state index in [0.717, 1.165) is 11.1 Å². The summed E-state index contributed by atoms with van der Waals surface area (Å²) in [6.45, 7) is 2.88. The highest BCUT2D eigenvalue weighted by molar-refractivity contribution is 5.76. The number of methoxy groups -OCH3 is 1. The van der Waals surface area contributed by atoms with Crippen molar-refractivity contribution >= 4 is 5.91 Å². The number of hydrogen-bond acceptors (Lipinski definition) is 5.